The summed E-state index contributed by atoms with van der Waals surface area (Å²) >= 11 is 0. The van der Waals surface area contributed by atoms with Gasteiger partial charge >= 0.3 is 0 Å². The van der Waals surface area contributed by atoms with Crippen LogP contribution in [0.3, 0.4) is 0 Å². The lowest BCUT2D eigenvalue weighted by molar-refractivity contribution is -0.184. The van der Waals surface area contributed by atoms with Crippen LogP contribution in [-0.2, 0) is 10.3 Å². The molecule has 1 fully saturated rings. The standard InChI is InChI=1S/C27H27N5O3/c1-17(20-4-3-5-21-22(26(33)28-2)10-11-29-25(20)21)13-30-24-12-23(31-16-32-24)18-6-8-19(9-7-18)27(34)14-35-15-27/h3-12,16-17,34H,13-15H2,1-2H3,(H,28,33)(H,30,31,32)/t17-/m1/s1. The summed E-state index contributed by atoms with van der Waals surface area (Å²) < 4.78 is 5.15. The van der Waals surface area contributed by atoms with Gasteiger partial charge in [-0.05, 0) is 17.2 Å². The number of pyridine rings is 1. The van der Waals surface area contributed by atoms with Gasteiger partial charge in [0.2, 0.25) is 0 Å². The first-order chi connectivity index (χ1) is 17.0. The number of carbonyl (C=O) groups is 1. The monoisotopic (exact) mass is 469 g/mol. The second-order valence-corrected chi connectivity index (χ2v) is 8.85. The lowest BCUT2D eigenvalue weighted by Crippen LogP contribution is -2.46. The third-order valence-corrected chi connectivity index (χ3v) is 6.46. The van der Waals surface area contributed by atoms with Gasteiger partial charge in [0, 0.05) is 42.7 Å². The van der Waals surface area contributed by atoms with Crippen molar-refractivity contribution in [2.24, 2.45) is 0 Å². The number of anilines is 1. The van der Waals surface area contributed by atoms with Gasteiger partial charge < -0.3 is 20.5 Å². The number of rotatable bonds is 7. The van der Waals surface area contributed by atoms with Gasteiger partial charge in [0.05, 0.1) is 30.0 Å². The van der Waals surface area contributed by atoms with E-state index in [1.165, 1.54) is 0 Å². The number of aliphatic hydroxyl groups is 1. The number of hydrogen-bond acceptors (Lipinski definition) is 7. The molecule has 1 saturated heterocycles. The van der Waals surface area contributed by atoms with Crippen LogP contribution in [0.25, 0.3) is 22.2 Å². The van der Waals surface area contributed by atoms with Crippen LogP contribution in [0.4, 0.5) is 5.82 Å². The highest BCUT2D eigenvalue weighted by atomic mass is 16.5. The van der Waals surface area contributed by atoms with Crippen LogP contribution in [-0.4, -0.2) is 52.8 Å². The van der Waals surface area contributed by atoms with Crippen molar-refractivity contribution in [2.75, 3.05) is 32.1 Å². The summed E-state index contributed by atoms with van der Waals surface area (Å²) in [5, 5.41) is 17.4. The van der Waals surface area contributed by atoms with Gasteiger partial charge in [-0.15, -0.1) is 0 Å². The predicted molar refractivity (Wildman–Crippen MR) is 134 cm³/mol. The normalized spacial score (nSPS) is 15.3. The van der Waals surface area contributed by atoms with E-state index in [-0.39, 0.29) is 11.8 Å². The lowest BCUT2D eigenvalue weighted by atomic mass is 9.91. The zero-order valence-corrected chi connectivity index (χ0v) is 19.7. The highest BCUT2D eigenvalue weighted by Gasteiger charge is 2.37. The van der Waals surface area contributed by atoms with E-state index in [1.807, 2.05) is 48.5 Å². The predicted octanol–water partition coefficient (Wildman–Crippen LogP) is 3.48. The van der Waals surface area contributed by atoms with E-state index >= 15 is 0 Å². The molecule has 4 aromatic rings. The van der Waals surface area contributed by atoms with Crippen molar-refractivity contribution in [3.8, 4) is 11.3 Å². The quantitative estimate of drug-likeness (QED) is 0.380. The van der Waals surface area contributed by atoms with E-state index < -0.39 is 5.60 Å². The lowest BCUT2D eigenvalue weighted by Gasteiger charge is -2.36. The van der Waals surface area contributed by atoms with E-state index in [1.54, 1.807) is 25.6 Å². The Morgan fingerprint density at radius 3 is 2.63 bits per heavy atom. The first-order valence-corrected chi connectivity index (χ1v) is 11.6. The third kappa shape index (κ3) is 4.45. The molecule has 0 saturated carbocycles. The molecule has 178 valence electrons. The minimum atomic E-state index is -0.884. The van der Waals surface area contributed by atoms with Gasteiger partial charge in [-0.3, -0.25) is 9.78 Å². The summed E-state index contributed by atoms with van der Waals surface area (Å²) in [6.45, 7) is 3.40. The average Bonchev–Trinajstić information content (AvgIpc) is 2.89. The fraction of sp³-hybridized carbons (Fsp3) is 0.259. The molecule has 0 spiro atoms. The Morgan fingerprint density at radius 2 is 1.91 bits per heavy atom. The minimum Gasteiger partial charge on any atom is -0.380 e. The van der Waals surface area contributed by atoms with Gasteiger partial charge in [-0.2, -0.15) is 0 Å². The van der Waals surface area contributed by atoms with Crippen LogP contribution in [0.5, 0.6) is 0 Å². The van der Waals surface area contributed by atoms with E-state index in [4.69, 9.17) is 4.74 Å². The van der Waals surface area contributed by atoms with E-state index in [0.717, 1.165) is 39.1 Å². The van der Waals surface area contributed by atoms with Gasteiger partial charge in [0.15, 0.2) is 0 Å². The van der Waals surface area contributed by atoms with Crippen LogP contribution in [0.2, 0.25) is 0 Å². The fourth-order valence-electron chi connectivity index (χ4n) is 4.32. The molecule has 0 unspecified atom stereocenters. The molecule has 5 rings (SSSR count). The second kappa shape index (κ2) is 9.40. The zero-order valence-electron chi connectivity index (χ0n) is 19.7. The maximum Gasteiger partial charge on any atom is 0.251 e. The van der Waals surface area contributed by atoms with Crippen LogP contribution < -0.4 is 10.6 Å². The third-order valence-electron chi connectivity index (χ3n) is 6.46. The Hall–Kier alpha value is -3.88. The van der Waals surface area contributed by atoms with Gasteiger partial charge in [0.25, 0.3) is 5.91 Å². The molecule has 2 aromatic heterocycles. The number of nitrogens with one attached hydrogen (secondary N) is 2. The molecule has 35 heavy (non-hydrogen) atoms. The second-order valence-electron chi connectivity index (χ2n) is 8.85. The van der Waals surface area contributed by atoms with Crippen molar-refractivity contribution < 1.29 is 14.6 Å². The molecule has 0 aliphatic carbocycles. The van der Waals surface area contributed by atoms with Crippen LogP contribution in [0.15, 0.2) is 67.1 Å². The van der Waals surface area contributed by atoms with Gasteiger partial charge in [0.1, 0.15) is 17.7 Å². The number of para-hydroxylation sites is 1. The van der Waals surface area contributed by atoms with Crippen LogP contribution >= 0.6 is 0 Å². The molecule has 1 aliphatic rings. The molecule has 8 heteroatoms. The molecule has 3 N–H and O–H groups in total. The van der Waals surface area contributed by atoms with Crippen molar-refractivity contribution in [2.45, 2.75) is 18.4 Å². The molecule has 1 atom stereocenters. The van der Waals surface area contributed by atoms with Crippen molar-refractivity contribution in [3.05, 3.63) is 83.8 Å². The molecule has 1 amide bonds. The maximum absolute atomic E-state index is 12.3. The number of amides is 1. The number of fused-ring (bicyclic) bond motifs is 1. The largest absolute Gasteiger partial charge is 0.380 e. The summed E-state index contributed by atoms with van der Waals surface area (Å²) in [7, 11) is 1.63. The number of hydrogen-bond donors (Lipinski definition) is 3. The summed E-state index contributed by atoms with van der Waals surface area (Å²) in [5.74, 6) is 0.711. The van der Waals surface area contributed by atoms with Gasteiger partial charge in [-0.1, -0.05) is 49.4 Å². The van der Waals surface area contributed by atoms with Crippen molar-refractivity contribution >= 4 is 22.6 Å². The highest BCUT2D eigenvalue weighted by molar-refractivity contribution is 6.06. The molecular weight excluding hydrogens is 442 g/mol. The number of benzene rings is 2. The van der Waals surface area contributed by atoms with E-state index in [2.05, 4.69) is 32.5 Å². The topological polar surface area (TPSA) is 109 Å². The maximum atomic E-state index is 12.3. The number of ether oxygens (including phenoxy) is 1. The zero-order chi connectivity index (χ0) is 24.4. The summed E-state index contributed by atoms with van der Waals surface area (Å²) in [5.41, 5.74) is 4.19. The molecule has 0 bridgehead atoms. The highest BCUT2D eigenvalue weighted by Crippen LogP contribution is 2.31. The van der Waals surface area contributed by atoms with Crippen LogP contribution in [0, 0.1) is 0 Å². The molecule has 1 aliphatic heterocycles. The smallest absolute Gasteiger partial charge is 0.251 e. The minimum absolute atomic E-state index is 0.120. The Kier molecular flexibility index (Phi) is 6.15. The first-order valence-electron chi connectivity index (χ1n) is 11.6. The van der Waals surface area contributed by atoms with E-state index in [9.17, 15) is 9.90 Å². The van der Waals surface area contributed by atoms with Gasteiger partial charge in [-0.25, -0.2) is 9.97 Å². The molecule has 2 aromatic carbocycles. The fourth-order valence-corrected chi connectivity index (χ4v) is 4.32. The molecule has 0 radical (unpaired) electrons. The number of aromatic nitrogens is 3. The first kappa shape index (κ1) is 22.9. The number of nitrogens with zero attached hydrogens (tertiary/aromatic N) is 3. The summed E-state index contributed by atoms with van der Waals surface area (Å²) in [6.07, 6.45) is 3.22. The Balaban J connectivity index is 1.32. The average molecular weight is 470 g/mol. The Labute approximate surface area is 203 Å². The van der Waals surface area contributed by atoms with Crippen molar-refractivity contribution in [1.29, 1.82) is 0 Å². The molecule has 3 heterocycles. The SMILES string of the molecule is CNC(=O)c1ccnc2c([C@H](C)CNc3cc(-c4ccc(C5(O)COC5)cc4)ncn3)cccc12. The van der Waals surface area contributed by atoms with Crippen molar-refractivity contribution in [3.63, 3.8) is 0 Å². The van der Waals surface area contributed by atoms with E-state index in [0.29, 0.717) is 25.3 Å². The summed E-state index contributed by atoms with van der Waals surface area (Å²) in [6, 6.07) is 17.3. The molecular formula is C27H27N5O3. The summed E-state index contributed by atoms with van der Waals surface area (Å²) in [4.78, 5) is 25.6. The van der Waals surface area contributed by atoms with Crippen LogP contribution in [0.1, 0.15) is 34.3 Å². The number of carbonyl (C=O) groups excluding carboxylic acids is 1. The van der Waals surface area contributed by atoms with Crippen molar-refractivity contribution in [1.82, 2.24) is 20.3 Å². The Bertz CT molecular complexity index is 1370. The Morgan fingerprint density at radius 1 is 1.11 bits per heavy atom. The molecule has 8 nitrogen and oxygen atoms in total.